The summed E-state index contributed by atoms with van der Waals surface area (Å²) in [6, 6.07) is 12.1. The Morgan fingerprint density at radius 1 is 1.18 bits per heavy atom. The molecule has 0 unspecified atom stereocenters. The van der Waals surface area contributed by atoms with E-state index in [9.17, 15) is 0 Å². The summed E-state index contributed by atoms with van der Waals surface area (Å²) in [5.74, 6) is 1.29. The van der Waals surface area contributed by atoms with E-state index in [1.165, 1.54) is 5.56 Å². The third-order valence-corrected chi connectivity index (χ3v) is 3.65. The number of nitrogens with one attached hydrogen (secondary N) is 1. The molecule has 2 aromatic rings. The second-order valence-electron chi connectivity index (χ2n) is 5.13. The van der Waals surface area contributed by atoms with Crippen LogP contribution < -0.4 is 14.8 Å². The first-order chi connectivity index (χ1) is 10.7. The molecule has 0 saturated carbocycles. The summed E-state index contributed by atoms with van der Waals surface area (Å²) in [5.41, 5.74) is 3.38. The van der Waals surface area contributed by atoms with Gasteiger partial charge in [0.25, 0.3) is 0 Å². The molecule has 2 rings (SSSR count). The second-order valence-corrected chi connectivity index (χ2v) is 5.53. The summed E-state index contributed by atoms with van der Waals surface area (Å²) >= 11 is 6.33. The van der Waals surface area contributed by atoms with Crippen LogP contribution in [-0.2, 0) is 6.54 Å². The zero-order valence-electron chi connectivity index (χ0n) is 13.3. The Morgan fingerprint density at radius 2 is 1.95 bits per heavy atom. The van der Waals surface area contributed by atoms with Gasteiger partial charge >= 0.3 is 0 Å². The van der Waals surface area contributed by atoms with Gasteiger partial charge in [-0.15, -0.1) is 0 Å². The van der Waals surface area contributed by atoms with Crippen molar-refractivity contribution in [3.05, 3.63) is 52.5 Å². The lowest BCUT2D eigenvalue weighted by molar-refractivity contribution is 0.294. The lowest BCUT2D eigenvalue weighted by Crippen LogP contribution is -2.03. The number of anilines is 1. The van der Waals surface area contributed by atoms with E-state index < -0.39 is 0 Å². The van der Waals surface area contributed by atoms with E-state index in [0.717, 1.165) is 17.7 Å². The standard InChI is InChI=1S/C18H22ClNO2/c1-4-9-22-18-15(19)10-14(11-17(18)21-3)12-20-16-8-6-5-7-13(16)2/h5-8,10-11,20H,4,9,12H2,1-3H3. The van der Waals surface area contributed by atoms with Crippen LogP contribution in [-0.4, -0.2) is 13.7 Å². The summed E-state index contributed by atoms with van der Waals surface area (Å²) in [4.78, 5) is 0. The number of hydrogen-bond acceptors (Lipinski definition) is 3. The Kier molecular flexibility index (Phi) is 5.96. The second kappa shape index (κ2) is 7.95. The van der Waals surface area contributed by atoms with E-state index in [1.54, 1.807) is 7.11 Å². The minimum absolute atomic E-state index is 0.578. The molecule has 0 bridgehead atoms. The zero-order chi connectivity index (χ0) is 15.9. The molecule has 22 heavy (non-hydrogen) atoms. The normalized spacial score (nSPS) is 10.4. The summed E-state index contributed by atoms with van der Waals surface area (Å²) in [6.07, 6.45) is 0.927. The number of para-hydroxylation sites is 1. The average molecular weight is 320 g/mol. The molecular formula is C18H22ClNO2. The monoisotopic (exact) mass is 319 g/mol. The molecule has 2 aromatic carbocycles. The molecule has 0 spiro atoms. The highest BCUT2D eigenvalue weighted by molar-refractivity contribution is 6.32. The van der Waals surface area contributed by atoms with Crippen molar-refractivity contribution in [2.24, 2.45) is 0 Å². The van der Waals surface area contributed by atoms with Crippen LogP contribution in [0.5, 0.6) is 11.5 Å². The van der Waals surface area contributed by atoms with Gasteiger partial charge in [0.1, 0.15) is 0 Å². The Balaban J connectivity index is 2.15. The third kappa shape index (κ3) is 4.08. The topological polar surface area (TPSA) is 30.5 Å². The minimum Gasteiger partial charge on any atom is -0.493 e. The largest absolute Gasteiger partial charge is 0.493 e. The quantitative estimate of drug-likeness (QED) is 0.774. The predicted octanol–water partition coefficient (Wildman–Crippen LogP) is 5.06. The fourth-order valence-corrected chi connectivity index (χ4v) is 2.48. The van der Waals surface area contributed by atoms with Gasteiger partial charge < -0.3 is 14.8 Å². The van der Waals surface area contributed by atoms with Crippen LogP contribution >= 0.6 is 11.6 Å². The molecule has 3 nitrogen and oxygen atoms in total. The van der Waals surface area contributed by atoms with E-state index in [2.05, 4.69) is 31.3 Å². The van der Waals surface area contributed by atoms with Crippen LogP contribution in [0.25, 0.3) is 0 Å². The number of benzene rings is 2. The number of methoxy groups -OCH3 is 1. The van der Waals surface area contributed by atoms with Crippen molar-refractivity contribution < 1.29 is 9.47 Å². The summed E-state index contributed by atoms with van der Waals surface area (Å²) in [6.45, 7) is 5.43. The number of ether oxygens (including phenoxy) is 2. The van der Waals surface area contributed by atoms with E-state index >= 15 is 0 Å². The Bertz CT molecular complexity index is 628. The molecule has 1 N–H and O–H groups in total. The molecule has 0 aromatic heterocycles. The van der Waals surface area contributed by atoms with Gasteiger partial charge in [-0.1, -0.05) is 36.7 Å². The molecule has 0 amide bonds. The van der Waals surface area contributed by atoms with Gasteiger partial charge in [-0.2, -0.15) is 0 Å². The van der Waals surface area contributed by atoms with Gasteiger partial charge in [0.05, 0.1) is 18.7 Å². The molecule has 0 fully saturated rings. The third-order valence-electron chi connectivity index (χ3n) is 3.37. The average Bonchev–Trinajstić information content (AvgIpc) is 2.52. The first-order valence-electron chi connectivity index (χ1n) is 7.44. The van der Waals surface area contributed by atoms with Crippen molar-refractivity contribution in [3.63, 3.8) is 0 Å². The first kappa shape index (κ1) is 16.5. The summed E-state index contributed by atoms with van der Waals surface area (Å²) in [7, 11) is 1.63. The van der Waals surface area contributed by atoms with Crippen molar-refractivity contribution in [1.29, 1.82) is 0 Å². The number of hydrogen-bond donors (Lipinski definition) is 1. The molecule has 0 radical (unpaired) electrons. The first-order valence-corrected chi connectivity index (χ1v) is 7.82. The number of aryl methyl sites for hydroxylation is 1. The van der Waals surface area contributed by atoms with Crippen molar-refractivity contribution >= 4 is 17.3 Å². The van der Waals surface area contributed by atoms with Crippen LogP contribution in [0.15, 0.2) is 36.4 Å². The Labute approximate surface area is 137 Å². The summed E-state index contributed by atoms with van der Waals surface area (Å²) in [5, 5.41) is 3.99. The highest BCUT2D eigenvalue weighted by atomic mass is 35.5. The molecular weight excluding hydrogens is 298 g/mol. The van der Waals surface area contributed by atoms with Crippen LogP contribution in [0.2, 0.25) is 5.02 Å². The molecule has 0 saturated heterocycles. The molecule has 0 heterocycles. The van der Waals surface area contributed by atoms with E-state index in [0.29, 0.717) is 29.7 Å². The maximum absolute atomic E-state index is 6.33. The van der Waals surface area contributed by atoms with Crippen molar-refractivity contribution in [2.45, 2.75) is 26.8 Å². The van der Waals surface area contributed by atoms with Gasteiger partial charge in [0.15, 0.2) is 11.5 Å². The molecule has 0 aliphatic rings. The fourth-order valence-electron chi connectivity index (χ4n) is 2.19. The van der Waals surface area contributed by atoms with Gasteiger partial charge in [0, 0.05) is 12.2 Å². The molecule has 4 heteroatoms. The zero-order valence-corrected chi connectivity index (χ0v) is 14.0. The van der Waals surface area contributed by atoms with Gasteiger partial charge in [-0.05, 0) is 42.7 Å². The highest BCUT2D eigenvalue weighted by Crippen LogP contribution is 2.36. The van der Waals surface area contributed by atoms with Gasteiger partial charge in [-0.3, -0.25) is 0 Å². The minimum atomic E-state index is 0.578. The SMILES string of the molecule is CCCOc1c(Cl)cc(CNc2ccccc2C)cc1OC. The number of rotatable bonds is 7. The highest BCUT2D eigenvalue weighted by Gasteiger charge is 2.12. The van der Waals surface area contributed by atoms with Crippen LogP contribution in [0.3, 0.4) is 0 Å². The Hall–Kier alpha value is -1.87. The van der Waals surface area contributed by atoms with E-state index in [4.69, 9.17) is 21.1 Å². The fraction of sp³-hybridized carbons (Fsp3) is 0.333. The van der Waals surface area contributed by atoms with Gasteiger partial charge in [-0.25, -0.2) is 0 Å². The van der Waals surface area contributed by atoms with Crippen molar-refractivity contribution in [3.8, 4) is 11.5 Å². The van der Waals surface area contributed by atoms with E-state index in [-0.39, 0.29) is 0 Å². The molecule has 0 aliphatic carbocycles. The number of halogens is 1. The van der Waals surface area contributed by atoms with Crippen LogP contribution in [0, 0.1) is 6.92 Å². The lowest BCUT2D eigenvalue weighted by Gasteiger charge is -2.15. The van der Waals surface area contributed by atoms with Gasteiger partial charge in [0.2, 0.25) is 0 Å². The predicted molar refractivity (Wildman–Crippen MR) is 92.3 cm³/mol. The van der Waals surface area contributed by atoms with Crippen molar-refractivity contribution in [2.75, 3.05) is 19.0 Å². The molecule has 0 atom stereocenters. The lowest BCUT2D eigenvalue weighted by atomic mass is 10.1. The maximum Gasteiger partial charge on any atom is 0.179 e. The smallest absolute Gasteiger partial charge is 0.179 e. The van der Waals surface area contributed by atoms with E-state index in [1.807, 2.05) is 24.3 Å². The van der Waals surface area contributed by atoms with Crippen LogP contribution in [0.1, 0.15) is 24.5 Å². The summed E-state index contributed by atoms with van der Waals surface area (Å²) < 4.78 is 11.1. The Morgan fingerprint density at radius 3 is 2.64 bits per heavy atom. The van der Waals surface area contributed by atoms with Crippen LogP contribution in [0.4, 0.5) is 5.69 Å². The molecule has 118 valence electrons. The molecule has 0 aliphatic heterocycles. The maximum atomic E-state index is 6.33. The van der Waals surface area contributed by atoms with Crippen molar-refractivity contribution in [1.82, 2.24) is 0 Å².